The highest BCUT2D eigenvalue weighted by molar-refractivity contribution is 7.09. The highest BCUT2D eigenvalue weighted by atomic mass is 32.1. The molecule has 0 aromatic carbocycles. The number of carbonyl (C=O) groups excluding carboxylic acids is 1. The van der Waals surface area contributed by atoms with E-state index in [0.717, 1.165) is 10.7 Å². The molecule has 1 N–H and O–H groups in total. The van der Waals surface area contributed by atoms with Gasteiger partial charge in [-0.25, -0.2) is 4.98 Å². The molecule has 0 amide bonds. The molecule has 88 valence electrons. The fourth-order valence-corrected chi connectivity index (χ4v) is 2.75. The number of carbonyl (C=O) groups is 1. The molecule has 0 spiro atoms. The largest absolute Gasteiger partial charge is 0.307 e. The van der Waals surface area contributed by atoms with Crippen LogP contribution in [0.1, 0.15) is 36.4 Å². The molecule has 1 aromatic heterocycles. The summed E-state index contributed by atoms with van der Waals surface area (Å²) >= 11 is 1.61. The summed E-state index contributed by atoms with van der Waals surface area (Å²) in [6, 6.07) is 0.570. The third-order valence-corrected chi connectivity index (χ3v) is 3.81. The van der Waals surface area contributed by atoms with E-state index in [1.807, 2.05) is 12.3 Å². The molecule has 0 bridgehead atoms. The van der Waals surface area contributed by atoms with Crippen LogP contribution in [0.15, 0.2) is 5.38 Å². The van der Waals surface area contributed by atoms with Gasteiger partial charge in [-0.15, -0.1) is 11.3 Å². The molecule has 0 unspecified atom stereocenters. The zero-order valence-electron chi connectivity index (χ0n) is 9.66. The fraction of sp³-hybridized carbons (Fsp3) is 0.667. The molecular weight excluding hydrogens is 220 g/mol. The lowest BCUT2D eigenvalue weighted by Crippen LogP contribution is -2.32. The topological polar surface area (TPSA) is 42.0 Å². The SMILES string of the molecule is Cc1nc(CC(=O)CNC2CCCC2)cs1. The van der Waals surface area contributed by atoms with E-state index in [4.69, 9.17) is 0 Å². The average molecular weight is 238 g/mol. The Morgan fingerprint density at radius 3 is 2.94 bits per heavy atom. The molecule has 3 nitrogen and oxygen atoms in total. The zero-order chi connectivity index (χ0) is 11.4. The van der Waals surface area contributed by atoms with Gasteiger partial charge in [0.15, 0.2) is 5.78 Å². The first-order chi connectivity index (χ1) is 7.74. The number of nitrogens with zero attached hydrogens (tertiary/aromatic N) is 1. The van der Waals surface area contributed by atoms with Gasteiger partial charge in [0.1, 0.15) is 0 Å². The standard InChI is InChI=1S/C12H18N2OS/c1-9-14-11(8-16-9)6-12(15)7-13-10-4-2-3-5-10/h8,10,13H,2-7H2,1H3. The van der Waals surface area contributed by atoms with Gasteiger partial charge in [-0.05, 0) is 19.8 Å². The summed E-state index contributed by atoms with van der Waals surface area (Å²) in [5, 5.41) is 6.34. The lowest BCUT2D eigenvalue weighted by atomic mass is 10.2. The maximum absolute atomic E-state index is 11.7. The van der Waals surface area contributed by atoms with Crippen molar-refractivity contribution in [2.45, 2.75) is 45.1 Å². The summed E-state index contributed by atoms with van der Waals surface area (Å²) in [4.78, 5) is 16.0. The van der Waals surface area contributed by atoms with Crippen LogP contribution in [0.5, 0.6) is 0 Å². The summed E-state index contributed by atoms with van der Waals surface area (Å²) in [7, 11) is 0. The lowest BCUT2D eigenvalue weighted by Gasteiger charge is -2.10. The molecule has 4 heteroatoms. The highest BCUT2D eigenvalue weighted by Gasteiger charge is 2.15. The van der Waals surface area contributed by atoms with Crippen LogP contribution < -0.4 is 5.32 Å². The number of aryl methyl sites for hydroxylation is 1. The van der Waals surface area contributed by atoms with Gasteiger partial charge in [-0.2, -0.15) is 0 Å². The minimum absolute atomic E-state index is 0.247. The maximum Gasteiger partial charge on any atom is 0.152 e. The van der Waals surface area contributed by atoms with Gasteiger partial charge in [0.05, 0.1) is 23.7 Å². The Bertz CT molecular complexity index is 356. The van der Waals surface area contributed by atoms with Crippen molar-refractivity contribution in [1.82, 2.24) is 10.3 Å². The Hall–Kier alpha value is -0.740. The number of thiazole rings is 1. The zero-order valence-corrected chi connectivity index (χ0v) is 10.5. The molecule has 16 heavy (non-hydrogen) atoms. The second-order valence-corrected chi connectivity index (χ2v) is 5.50. The summed E-state index contributed by atoms with van der Waals surface area (Å²) in [5.74, 6) is 0.247. The van der Waals surface area contributed by atoms with Gasteiger partial charge in [-0.3, -0.25) is 4.79 Å². The molecule has 1 saturated carbocycles. The first-order valence-electron chi connectivity index (χ1n) is 5.90. The van der Waals surface area contributed by atoms with Gasteiger partial charge >= 0.3 is 0 Å². The predicted molar refractivity (Wildman–Crippen MR) is 65.8 cm³/mol. The van der Waals surface area contributed by atoms with Gasteiger partial charge in [0, 0.05) is 11.4 Å². The van der Waals surface area contributed by atoms with Crippen LogP contribution in [-0.2, 0) is 11.2 Å². The van der Waals surface area contributed by atoms with E-state index in [1.165, 1.54) is 25.7 Å². The Morgan fingerprint density at radius 2 is 2.31 bits per heavy atom. The number of hydrogen-bond acceptors (Lipinski definition) is 4. The minimum Gasteiger partial charge on any atom is -0.307 e. The van der Waals surface area contributed by atoms with E-state index < -0.39 is 0 Å². The molecule has 2 rings (SSSR count). The Morgan fingerprint density at radius 1 is 1.56 bits per heavy atom. The molecule has 0 radical (unpaired) electrons. The van der Waals surface area contributed by atoms with Gasteiger partial charge < -0.3 is 5.32 Å². The van der Waals surface area contributed by atoms with Crippen LogP contribution in [0.4, 0.5) is 0 Å². The Labute approximate surface area is 100 Å². The Kier molecular flexibility index (Phi) is 4.07. The van der Waals surface area contributed by atoms with Crippen LogP contribution in [-0.4, -0.2) is 23.4 Å². The molecular formula is C12H18N2OS. The van der Waals surface area contributed by atoms with Crippen molar-refractivity contribution >= 4 is 17.1 Å². The number of aromatic nitrogens is 1. The number of Topliss-reactive ketones (excluding diaryl/α,β-unsaturated/α-hetero) is 1. The molecule has 1 aromatic rings. The van der Waals surface area contributed by atoms with E-state index in [2.05, 4.69) is 10.3 Å². The van der Waals surface area contributed by atoms with Crippen LogP contribution in [0.3, 0.4) is 0 Å². The molecule has 0 aliphatic heterocycles. The van der Waals surface area contributed by atoms with Crippen molar-refractivity contribution in [3.63, 3.8) is 0 Å². The molecule has 0 saturated heterocycles. The number of nitrogens with one attached hydrogen (secondary N) is 1. The van der Waals surface area contributed by atoms with Crippen LogP contribution in [0, 0.1) is 6.92 Å². The lowest BCUT2D eigenvalue weighted by molar-refractivity contribution is -0.117. The number of ketones is 1. The van der Waals surface area contributed by atoms with E-state index in [0.29, 0.717) is 19.0 Å². The monoisotopic (exact) mass is 238 g/mol. The summed E-state index contributed by atoms with van der Waals surface area (Å²) < 4.78 is 0. The number of rotatable bonds is 5. The van der Waals surface area contributed by atoms with Gasteiger partial charge in [0.2, 0.25) is 0 Å². The molecule has 1 fully saturated rings. The normalized spacial score (nSPS) is 16.8. The Balaban J connectivity index is 1.71. The van der Waals surface area contributed by atoms with Gasteiger partial charge in [0.25, 0.3) is 0 Å². The molecule has 1 aliphatic carbocycles. The van der Waals surface area contributed by atoms with E-state index in [1.54, 1.807) is 11.3 Å². The molecule has 1 heterocycles. The quantitative estimate of drug-likeness (QED) is 0.854. The average Bonchev–Trinajstić information content (AvgIpc) is 2.87. The van der Waals surface area contributed by atoms with Crippen LogP contribution in [0.25, 0.3) is 0 Å². The molecule has 1 aliphatic rings. The first-order valence-corrected chi connectivity index (χ1v) is 6.78. The van der Waals surface area contributed by atoms with Crippen molar-refractivity contribution in [3.05, 3.63) is 16.1 Å². The third kappa shape index (κ3) is 3.39. The van der Waals surface area contributed by atoms with Crippen molar-refractivity contribution in [2.75, 3.05) is 6.54 Å². The van der Waals surface area contributed by atoms with Crippen molar-refractivity contribution in [3.8, 4) is 0 Å². The number of hydrogen-bond donors (Lipinski definition) is 1. The van der Waals surface area contributed by atoms with Crippen LogP contribution in [0.2, 0.25) is 0 Å². The predicted octanol–water partition coefficient (Wildman–Crippen LogP) is 2.10. The van der Waals surface area contributed by atoms with Crippen molar-refractivity contribution < 1.29 is 4.79 Å². The van der Waals surface area contributed by atoms with E-state index >= 15 is 0 Å². The minimum atomic E-state index is 0.247. The van der Waals surface area contributed by atoms with Crippen LogP contribution >= 0.6 is 11.3 Å². The summed E-state index contributed by atoms with van der Waals surface area (Å²) in [6.07, 6.45) is 5.53. The second kappa shape index (κ2) is 5.55. The van der Waals surface area contributed by atoms with Crippen molar-refractivity contribution in [1.29, 1.82) is 0 Å². The smallest absolute Gasteiger partial charge is 0.152 e. The van der Waals surface area contributed by atoms with Crippen molar-refractivity contribution in [2.24, 2.45) is 0 Å². The summed E-state index contributed by atoms with van der Waals surface area (Å²) in [6.45, 7) is 2.47. The second-order valence-electron chi connectivity index (χ2n) is 4.44. The summed E-state index contributed by atoms with van der Waals surface area (Å²) in [5.41, 5.74) is 0.917. The first kappa shape index (κ1) is 11.7. The highest BCUT2D eigenvalue weighted by Crippen LogP contribution is 2.17. The third-order valence-electron chi connectivity index (χ3n) is 2.99. The van der Waals surface area contributed by atoms with E-state index in [-0.39, 0.29) is 5.78 Å². The van der Waals surface area contributed by atoms with Gasteiger partial charge in [-0.1, -0.05) is 12.8 Å². The fourth-order valence-electron chi connectivity index (χ4n) is 2.14. The molecule has 0 atom stereocenters. The maximum atomic E-state index is 11.7. The van der Waals surface area contributed by atoms with E-state index in [9.17, 15) is 4.79 Å².